The average Bonchev–Trinajstić information content (AvgIpc) is 2.76. The highest BCUT2D eigenvalue weighted by atomic mass is 14.9. The van der Waals surface area contributed by atoms with Gasteiger partial charge in [0.1, 0.15) is 0 Å². The van der Waals surface area contributed by atoms with E-state index in [0.29, 0.717) is 0 Å². The Labute approximate surface area is 198 Å². The summed E-state index contributed by atoms with van der Waals surface area (Å²) in [5.74, 6) is 0.798. The summed E-state index contributed by atoms with van der Waals surface area (Å²) < 4.78 is 0. The molecule has 2 aromatic carbocycles. The molecule has 2 nitrogen and oxygen atoms in total. The van der Waals surface area contributed by atoms with Crippen LogP contribution in [0.25, 0.3) is 0 Å². The largest absolute Gasteiger partial charge is 0.388 e. The van der Waals surface area contributed by atoms with Gasteiger partial charge in [-0.3, -0.25) is 0 Å². The van der Waals surface area contributed by atoms with Gasteiger partial charge in [0.25, 0.3) is 0 Å². The van der Waals surface area contributed by atoms with Crippen LogP contribution in [0.15, 0.2) is 42.5 Å². The van der Waals surface area contributed by atoms with Crippen molar-refractivity contribution >= 4 is 5.69 Å². The molecule has 2 rings (SSSR count). The molecule has 178 valence electrons. The van der Waals surface area contributed by atoms with E-state index in [2.05, 4.69) is 87.7 Å². The van der Waals surface area contributed by atoms with Crippen molar-refractivity contribution in [2.24, 2.45) is 5.92 Å². The van der Waals surface area contributed by atoms with Crippen LogP contribution >= 0.6 is 0 Å². The molecule has 0 saturated carbocycles. The molecule has 32 heavy (non-hydrogen) atoms. The quantitative estimate of drug-likeness (QED) is 0.298. The first-order valence-corrected chi connectivity index (χ1v) is 13.0. The molecule has 0 aliphatic heterocycles. The third-order valence-corrected chi connectivity index (χ3v) is 6.41. The Morgan fingerprint density at radius 1 is 0.812 bits per heavy atom. The second-order valence-corrected chi connectivity index (χ2v) is 10.4. The second-order valence-electron chi connectivity index (χ2n) is 10.4. The molecular formula is C30H48N2. The fraction of sp³-hybridized carbons (Fsp3) is 0.600. The predicted octanol–water partition coefficient (Wildman–Crippen LogP) is 7.59. The molecule has 0 spiro atoms. The van der Waals surface area contributed by atoms with Crippen LogP contribution in [0.1, 0.15) is 89.0 Å². The molecule has 0 aliphatic carbocycles. The number of anilines is 1. The molecule has 0 bridgehead atoms. The molecule has 2 N–H and O–H groups in total. The molecule has 0 aliphatic rings. The van der Waals surface area contributed by atoms with Crippen molar-refractivity contribution in [3.8, 4) is 0 Å². The highest BCUT2D eigenvalue weighted by Gasteiger charge is 2.12. The third-order valence-electron chi connectivity index (χ3n) is 6.41. The van der Waals surface area contributed by atoms with Crippen molar-refractivity contribution in [1.29, 1.82) is 0 Å². The maximum absolute atomic E-state index is 3.63. The first kappa shape index (κ1) is 26.5. The first-order valence-electron chi connectivity index (χ1n) is 13.0. The van der Waals surface area contributed by atoms with Crippen molar-refractivity contribution in [3.05, 3.63) is 64.7 Å². The zero-order valence-electron chi connectivity index (χ0n) is 21.7. The predicted molar refractivity (Wildman–Crippen MR) is 143 cm³/mol. The summed E-state index contributed by atoms with van der Waals surface area (Å²) in [5.41, 5.74) is 7.45. The lowest BCUT2D eigenvalue weighted by Gasteiger charge is -2.22. The summed E-state index contributed by atoms with van der Waals surface area (Å²) in [6.45, 7) is 12.5. The highest BCUT2D eigenvalue weighted by molar-refractivity contribution is 5.54. The van der Waals surface area contributed by atoms with Crippen molar-refractivity contribution in [3.63, 3.8) is 0 Å². The maximum atomic E-state index is 3.63. The molecule has 2 heteroatoms. The Balaban J connectivity index is 1.92. The molecule has 2 aromatic rings. The van der Waals surface area contributed by atoms with Crippen LogP contribution in [0.5, 0.6) is 0 Å². The zero-order valence-corrected chi connectivity index (χ0v) is 21.7. The number of benzene rings is 2. The Morgan fingerprint density at radius 3 is 2.16 bits per heavy atom. The minimum Gasteiger partial charge on any atom is -0.388 e. The highest BCUT2D eigenvalue weighted by Crippen LogP contribution is 2.24. The number of hydrogen-bond donors (Lipinski definition) is 2. The zero-order chi connectivity index (χ0) is 23.4. The molecule has 0 amide bonds. The van der Waals surface area contributed by atoms with Gasteiger partial charge in [-0.05, 0) is 100 Å². The van der Waals surface area contributed by atoms with Crippen LogP contribution in [-0.4, -0.2) is 19.1 Å². The molecule has 0 saturated heterocycles. The average molecular weight is 437 g/mol. The minimum atomic E-state index is 0.223. The number of aryl methyl sites for hydroxylation is 2. The number of nitrogens with one attached hydrogen (secondary N) is 2. The van der Waals surface area contributed by atoms with Crippen LogP contribution in [-0.2, 0) is 25.7 Å². The lowest BCUT2D eigenvalue weighted by molar-refractivity contribution is 0.382. The van der Waals surface area contributed by atoms with E-state index in [9.17, 15) is 0 Å². The molecule has 1 unspecified atom stereocenters. The molecule has 0 fully saturated rings. The van der Waals surface area contributed by atoms with Crippen LogP contribution < -0.4 is 10.6 Å². The second kappa shape index (κ2) is 13.7. The smallest absolute Gasteiger partial charge is 0.0373 e. The van der Waals surface area contributed by atoms with Gasteiger partial charge < -0.3 is 10.6 Å². The van der Waals surface area contributed by atoms with Gasteiger partial charge in [-0.2, -0.15) is 0 Å². The van der Waals surface area contributed by atoms with E-state index in [1.54, 1.807) is 0 Å². The standard InChI is InChI=1S/C30H48N2/c1-7-11-25(13-10-22-32-30(3,4)5)23-26-18-16-24(17-19-26)20-21-28-27(12-8-2)14-9-15-29(28)31-6/h9,14-19,25,31-32H,7-8,10-13,20-23H2,1-6H3. The first-order chi connectivity index (χ1) is 15.4. The summed E-state index contributed by atoms with van der Waals surface area (Å²) in [6.07, 6.45) is 11.0. The lowest BCUT2D eigenvalue weighted by Crippen LogP contribution is -2.36. The van der Waals surface area contributed by atoms with Crippen LogP contribution in [0.3, 0.4) is 0 Å². The van der Waals surface area contributed by atoms with E-state index >= 15 is 0 Å². The van der Waals surface area contributed by atoms with Crippen molar-refractivity contribution in [2.45, 2.75) is 97.9 Å². The summed E-state index contributed by atoms with van der Waals surface area (Å²) in [4.78, 5) is 0. The van der Waals surface area contributed by atoms with Gasteiger partial charge >= 0.3 is 0 Å². The Hall–Kier alpha value is -1.80. The summed E-state index contributed by atoms with van der Waals surface area (Å²) in [5, 5.41) is 7.03. The fourth-order valence-corrected chi connectivity index (χ4v) is 4.72. The molecule has 0 aromatic heterocycles. The van der Waals surface area contributed by atoms with Gasteiger partial charge in [0.15, 0.2) is 0 Å². The topological polar surface area (TPSA) is 24.1 Å². The van der Waals surface area contributed by atoms with Gasteiger partial charge in [-0.1, -0.05) is 69.5 Å². The molecule has 0 radical (unpaired) electrons. The SMILES string of the molecule is CCCc1cccc(NC)c1CCc1ccc(CC(CCC)CCCNC(C)(C)C)cc1. The van der Waals surface area contributed by atoms with E-state index in [4.69, 9.17) is 0 Å². The Bertz CT molecular complexity index is 770. The van der Waals surface area contributed by atoms with Crippen LogP contribution in [0.4, 0.5) is 5.69 Å². The van der Waals surface area contributed by atoms with Crippen LogP contribution in [0.2, 0.25) is 0 Å². The number of rotatable bonds is 14. The summed E-state index contributed by atoms with van der Waals surface area (Å²) >= 11 is 0. The van der Waals surface area contributed by atoms with E-state index in [-0.39, 0.29) is 5.54 Å². The maximum Gasteiger partial charge on any atom is 0.0373 e. The molecular weight excluding hydrogens is 388 g/mol. The van der Waals surface area contributed by atoms with Gasteiger partial charge in [-0.25, -0.2) is 0 Å². The monoisotopic (exact) mass is 436 g/mol. The summed E-state index contributed by atoms with van der Waals surface area (Å²) in [6, 6.07) is 16.2. The minimum absolute atomic E-state index is 0.223. The normalized spacial score (nSPS) is 12.7. The van der Waals surface area contributed by atoms with Crippen molar-refractivity contribution < 1.29 is 0 Å². The van der Waals surface area contributed by atoms with Gasteiger partial charge in [0.05, 0.1) is 0 Å². The van der Waals surface area contributed by atoms with Crippen molar-refractivity contribution in [1.82, 2.24) is 5.32 Å². The van der Waals surface area contributed by atoms with Crippen LogP contribution in [0, 0.1) is 5.92 Å². The van der Waals surface area contributed by atoms with Gasteiger partial charge in [0, 0.05) is 18.3 Å². The third kappa shape index (κ3) is 9.36. The van der Waals surface area contributed by atoms with Gasteiger partial charge in [-0.15, -0.1) is 0 Å². The Morgan fingerprint density at radius 2 is 1.53 bits per heavy atom. The van der Waals surface area contributed by atoms with Crippen molar-refractivity contribution in [2.75, 3.05) is 18.9 Å². The molecule has 1 atom stereocenters. The van der Waals surface area contributed by atoms with E-state index in [1.165, 1.54) is 66.5 Å². The van der Waals surface area contributed by atoms with Gasteiger partial charge in [0.2, 0.25) is 0 Å². The van der Waals surface area contributed by atoms with E-state index in [1.807, 2.05) is 7.05 Å². The lowest BCUT2D eigenvalue weighted by atomic mass is 9.90. The number of hydrogen-bond acceptors (Lipinski definition) is 2. The molecule has 0 heterocycles. The Kier molecular flexibility index (Phi) is 11.3. The van der Waals surface area contributed by atoms with E-state index < -0.39 is 0 Å². The fourth-order valence-electron chi connectivity index (χ4n) is 4.72. The summed E-state index contributed by atoms with van der Waals surface area (Å²) in [7, 11) is 2.04. The van der Waals surface area contributed by atoms with E-state index in [0.717, 1.165) is 31.7 Å².